The summed E-state index contributed by atoms with van der Waals surface area (Å²) in [6, 6.07) is 8.60. The van der Waals surface area contributed by atoms with Gasteiger partial charge < -0.3 is 4.74 Å². The molecule has 0 saturated carbocycles. The topological polar surface area (TPSA) is 26.3 Å². The number of rotatable bonds is 5. The SMILES string of the molecule is COC(=O)CC(C)Cc1cccc(C(C)C)c1. The van der Waals surface area contributed by atoms with Crippen molar-refractivity contribution < 1.29 is 9.53 Å². The molecule has 0 amide bonds. The third kappa shape index (κ3) is 4.59. The summed E-state index contributed by atoms with van der Waals surface area (Å²) >= 11 is 0. The van der Waals surface area contributed by atoms with E-state index in [1.54, 1.807) is 0 Å². The van der Waals surface area contributed by atoms with E-state index in [-0.39, 0.29) is 5.97 Å². The van der Waals surface area contributed by atoms with Crippen LogP contribution in [0.1, 0.15) is 44.2 Å². The molecule has 1 aromatic rings. The Hall–Kier alpha value is -1.31. The number of benzene rings is 1. The van der Waals surface area contributed by atoms with E-state index in [4.69, 9.17) is 0 Å². The maximum absolute atomic E-state index is 11.2. The van der Waals surface area contributed by atoms with Gasteiger partial charge in [0.1, 0.15) is 0 Å². The van der Waals surface area contributed by atoms with Crippen molar-refractivity contribution in [3.63, 3.8) is 0 Å². The van der Waals surface area contributed by atoms with Crippen LogP contribution in [0.25, 0.3) is 0 Å². The Kier molecular flexibility index (Phi) is 5.20. The van der Waals surface area contributed by atoms with Crippen molar-refractivity contribution >= 4 is 5.97 Å². The molecule has 0 aromatic heterocycles. The lowest BCUT2D eigenvalue weighted by Gasteiger charge is -2.12. The van der Waals surface area contributed by atoms with E-state index in [9.17, 15) is 4.79 Å². The van der Waals surface area contributed by atoms with E-state index >= 15 is 0 Å². The average Bonchev–Trinajstić information content (AvgIpc) is 2.28. The Morgan fingerprint density at radius 2 is 2.00 bits per heavy atom. The Balaban J connectivity index is 2.62. The molecule has 0 saturated heterocycles. The fraction of sp³-hybridized carbons (Fsp3) is 0.533. The van der Waals surface area contributed by atoms with Crippen LogP contribution in [0.2, 0.25) is 0 Å². The van der Waals surface area contributed by atoms with Crippen LogP contribution in [-0.2, 0) is 16.0 Å². The normalized spacial score (nSPS) is 12.5. The summed E-state index contributed by atoms with van der Waals surface area (Å²) in [6.45, 7) is 6.47. The zero-order valence-corrected chi connectivity index (χ0v) is 11.2. The monoisotopic (exact) mass is 234 g/mol. The van der Waals surface area contributed by atoms with Gasteiger partial charge in [0.2, 0.25) is 0 Å². The lowest BCUT2D eigenvalue weighted by molar-refractivity contribution is -0.141. The number of methoxy groups -OCH3 is 1. The van der Waals surface area contributed by atoms with E-state index in [0.717, 1.165) is 6.42 Å². The minimum Gasteiger partial charge on any atom is -0.469 e. The number of hydrogen-bond donors (Lipinski definition) is 0. The molecular formula is C15H22O2. The second kappa shape index (κ2) is 6.43. The molecule has 94 valence electrons. The van der Waals surface area contributed by atoms with Crippen LogP contribution in [0.5, 0.6) is 0 Å². The van der Waals surface area contributed by atoms with Crippen molar-refractivity contribution in [1.29, 1.82) is 0 Å². The smallest absolute Gasteiger partial charge is 0.305 e. The van der Waals surface area contributed by atoms with Crippen molar-refractivity contribution in [2.45, 2.75) is 39.5 Å². The van der Waals surface area contributed by atoms with Crippen LogP contribution in [0, 0.1) is 5.92 Å². The van der Waals surface area contributed by atoms with Crippen molar-refractivity contribution in [3.8, 4) is 0 Å². The van der Waals surface area contributed by atoms with Crippen molar-refractivity contribution in [2.24, 2.45) is 5.92 Å². The molecule has 0 aliphatic rings. The third-order valence-corrected chi connectivity index (χ3v) is 2.94. The predicted molar refractivity (Wildman–Crippen MR) is 70.0 cm³/mol. The van der Waals surface area contributed by atoms with Crippen LogP contribution in [-0.4, -0.2) is 13.1 Å². The van der Waals surface area contributed by atoms with Gasteiger partial charge in [0.05, 0.1) is 7.11 Å². The third-order valence-electron chi connectivity index (χ3n) is 2.94. The number of carbonyl (C=O) groups excluding carboxylic acids is 1. The summed E-state index contributed by atoms with van der Waals surface area (Å²) in [4.78, 5) is 11.2. The van der Waals surface area contributed by atoms with Crippen LogP contribution in [0.3, 0.4) is 0 Å². The molecule has 0 fully saturated rings. The molecule has 0 aliphatic heterocycles. The van der Waals surface area contributed by atoms with Gasteiger partial charge in [-0.2, -0.15) is 0 Å². The molecule has 1 rings (SSSR count). The first-order chi connectivity index (χ1) is 8.02. The number of carbonyl (C=O) groups is 1. The van der Waals surface area contributed by atoms with Crippen LogP contribution in [0.15, 0.2) is 24.3 Å². The van der Waals surface area contributed by atoms with E-state index in [1.807, 2.05) is 0 Å². The number of ether oxygens (including phenoxy) is 1. The van der Waals surface area contributed by atoms with Gasteiger partial charge in [-0.05, 0) is 29.4 Å². The minimum absolute atomic E-state index is 0.127. The quantitative estimate of drug-likeness (QED) is 0.728. The van der Waals surface area contributed by atoms with E-state index in [0.29, 0.717) is 18.3 Å². The molecular weight excluding hydrogens is 212 g/mol. The molecule has 0 N–H and O–H groups in total. The van der Waals surface area contributed by atoms with Gasteiger partial charge in [0.25, 0.3) is 0 Å². The molecule has 2 nitrogen and oxygen atoms in total. The molecule has 1 aromatic carbocycles. The molecule has 0 bridgehead atoms. The summed E-state index contributed by atoms with van der Waals surface area (Å²) in [5, 5.41) is 0. The van der Waals surface area contributed by atoms with Gasteiger partial charge in [0, 0.05) is 6.42 Å². The first-order valence-corrected chi connectivity index (χ1v) is 6.18. The van der Waals surface area contributed by atoms with Gasteiger partial charge in [-0.25, -0.2) is 0 Å². The van der Waals surface area contributed by atoms with Crippen molar-refractivity contribution in [3.05, 3.63) is 35.4 Å². The van der Waals surface area contributed by atoms with Crippen LogP contribution in [0.4, 0.5) is 0 Å². The molecule has 1 unspecified atom stereocenters. The van der Waals surface area contributed by atoms with E-state index in [2.05, 4.69) is 49.8 Å². The lowest BCUT2D eigenvalue weighted by atomic mass is 9.94. The fourth-order valence-electron chi connectivity index (χ4n) is 1.92. The molecule has 17 heavy (non-hydrogen) atoms. The van der Waals surface area contributed by atoms with Crippen LogP contribution < -0.4 is 0 Å². The summed E-state index contributed by atoms with van der Waals surface area (Å²) < 4.78 is 4.68. The highest BCUT2D eigenvalue weighted by Crippen LogP contribution is 2.18. The number of esters is 1. The van der Waals surface area contributed by atoms with Gasteiger partial charge in [-0.1, -0.05) is 45.0 Å². The second-order valence-electron chi connectivity index (χ2n) is 4.99. The molecule has 2 heteroatoms. The maximum atomic E-state index is 11.2. The lowest BCUT2D eigenvalue weighted by Crippen LogP contribution is -2.09. The first-order valence-electron chi connectivity index (χ1n) is 6.18. The zero-order valence-electron chi connectivity index (χ0n) is 11.2. The first kappa shape index (κ1) is 13.8. The zero-order chi connectivity index (χ0) is 12.8. The highest BCUT2D eigenvalue weighted by molar-refractivity contribution is 5.69. The molecule has 0 aliphatic carbocycles. The molecule has 0 spiro atoms. The predicted octanol–water partition coefficient (Wildman–Crippen LogP) is 3.55. The standard InChI is InChI=1S/C15H22O2/c1-11(2)14-7-5-6-13(10-14)8-12(3)9-15(16)17-4/h5-7,10-12H,8-9H2,1-4H3. The van der Waals surface area contributed by atoms with E-state index < -0.39 is 0 Å². The molecule has 0 heterocycles. The summed E-state index contributed by atoms with van der Waals surface area (Å²) in [5.74, 6) is 0.744. The van der Waals surface area contributed by atoms with Crippen LogP contribution >= 0.6 is 0 Å². The maximum Gasteiger partial charge on any atom is 0.305 e. The van der Waals surface area contributed by atoms with Gasteiger partial charge in [0.15, 0.2) is 0 Å². The average molecular weight is 234 g/mol. The largest absolute Gasteiger partial charge is 0.469 e. The summed E-state index contributed by atoms with van der Waals surface area (Å²) in [5.41, 5.74) is 2.65. The van der Waals surface area contributed by atoms with Crippen molar-refractivity contribution in [1.82, 2.24) is 0 Å². The van der Waals surface area contributed by atoms with Crippen molar-refractivity contribution in [2.75, 3.05) is 7.11 Å². The highest BCUT2D eigenvalue weighted by atomic mass is 16.5. The fourth-order valence-corrected chi connectivity index (χ4v) is 1.92. The summed E-state index contributed by atoms with van der Waals surface area (Å²) in [6.07, 6.45) is 1.41. The Morgan fingerprint density at radius 3 is 2.59 bits per heavy atom. The Labute approximate surface area is 104 Å². The second-order valence-corrected chi connectivity index (χ2v) is 4.99. The summed E-state index contributed by atoms with van der Waals surface area (Å²) in [7, 11) is 1.44. The van der Waals surface area contributed by atoms with Gasteiger partial charge in [-0.3, -0.25) is 4.79 Å². The van der Waals surface area contributed by atoms with Gasteiger partial charge >= 0.3 is 5.97 Å². The number of hydrogen-bond acceptors (Lipinski definition) is 2. The van der Waals surface area contributed by atoms with Gasteiger partial charge in [-0.15, -0.1) is 0 Å². The minimum atomic E-state index is -0.127. The molecule has 1 atom stereocenters. The highest BCUT2D eigenvalue weighted by Gasteiger charge is 2.10. The molecule has 0 radical (unpaired) electrons. The van der Waals surface area contributed by atoms with E-state index in [1.165, 1.54) is 18.2 Å². The Bertz CT molecular complexity index is 369. The Morgan fingerprint density at radius 1 is 1.29 bits per heavy atom.